The maximum Gasteiger partial charge on any atom is 0.298 e. The zero-order chi connectivity index (χ0) is 7.15. The number of halogens is 1. The maximum absolute atomic E-state index is 10.4. The molecule has 0 saturated heterocycles. The van der Waals surface area contributed by atoms with Crippen LogP contribution in [0.1, 0.15) is 20.8 Å². The van der Waals surface area contributed by atoms with Crippen molar-refractivity contribution in [2.24, 2.45) is 0 Å². The van der Waals surface area contributed by atoms with Gasteiger partial charge in [-0.15, -0.1) is 0 Å². The fourth-order valence-electron chi connectivity index (χ4n) is 0. The summed E-state index contributed by atoms with van der Waals surface area (Å²) >= 11 is 0. The van der Waals surface area contributed by atoms with E-state index >= 15 is 0 Å². The molecule has 0 bridgehead atoms. The molecule has 0 aromatic heterocycles. The van der Waals surface area contributed by atoms with E-state index in [-0.39, 0.29) is 46.6 Å². The van der Waals surface area contributed by atoms with Crippen molar-refractivity contribution in [3.8, 4) is 0 Å². The number of carbonyl (C=O) groups excluding carboxylic acids is 2. The molecule has 0 spiro atoms. The maximum atomic E-state index is 10.4. The number of carbonyl (C=O) groups is 2. The molecular weight excluding hydrogens is 255 g/mol. The molecule has 0 N–H and O–H groups in total. The summed E-state index contributed by atoms with van der Waals surface area (Å²) in [5.41, 5.74) is 0. The second-order valence-electron chi connectivity index (χ2n) is 1.38. The molecule has 0 atom stereocenters. The molecule has 0 aromatic rings. The zero-order valence-corrected chi connectivity index (χ0v) is 8.90. The van der Waals surface area contributed by atoms with Gasteiger partial charge in [0, 0.05) is 47.8 Å². The SMILES string of the molecule is CC(=O)F.CC(C)=O.[Nd]. The van der Waals surface area contributed by atoms with Crippen LogP contribution in [0.25, 0.3) is 0 Å². The third-order valence-electron chi connectivity index (χ3n) is 0. The molecule has 0 rings (SSSR count). The van der Waals surface area contributed by atoms with E-state index in [0.717, 1.165) is 6.92 Å². The van der Waals surface area contributed by atoms with Crippen LogP contribution in [-0.4, -0.2) is 11.8 Å². The van der Waals surface area contributed by atoms with E-state index < -0.39 is 6.04 Å². The van der Waals surface area contributed by atoms with Crippen molar-refractivity contribution in [2.45, 2.75) is 20.8 Å². The second-order valence-corrected chi connectivity index (χ2v) is 1.38. The number of hydrogen-bond acceptors (Lipinski definition) is 2. The number of rotatable bonds is 0. The largest absolute Gasteiger partial charge is 0.300 e. The van der Waals surface area contributed by atoms with Crippen LogP contribution in [0.2, 0.25) is 0 Å². The Bertz CT molecular complexity index is 73.0. The Kier molecular flexibility index (Phi) is 20.7. The van der Waals surface area contributed by atoms with E-state index in [1.807, 2.05) is 0 Å². The summed E-state index contributed by atoms with van der Waals surface area (Å²) in [4.78, 5) is 18.2. The molecule has 0 aliphatic heterocycles. The summed E-state index contributed by atoms with van der Waals surface area (Å²) < 4.78 is 10.4. The third-order valence-corrected chi connectivity index (χ3v) is 0. The summed E-state index contributed by atoms with van der Waals surface area (Å²) in [5, 5.41) is 0. The first-order chi connectivity index (χ1) is 3.46. The minimum Gasteiger partial charge on any atom is -0.300 e. The van der Waals surface area contributed by atoms with Crippen molar-refractivity contribution >= 4 is 11.8 Å². The Morgan fingerprint density at radius 1 is 1.11 bits per heavy atom. The average molecular weight is 264 g/mol. The summed E-state index contributed by atoms with van der Waals surface area (Å²) in [6.45, 7) is 3.92. The molecule has 4 heteroatoms. The smallest absolute Gasteiger partial charge is 0.298 e. The molecule has 0 aromatic carbocycles. The first-order valence-corrected chi connectivity index (χ1v) is 2.10. The Morgan fingerprint density at radius 2 is 1.11 bits per heavy atom. The molecule has 2 nitrogen and oxygen atoms in total. The molecule has 0 aliphatic rings. The topological polar surface area (TPSA) is 34.1 Å². The third kappa shape index (κ3) is 981. The fraction of sp³-hybridized carbons (Fsp3) is 0.600. The molecular formula is C5H9FNdO2. The minimum atomic E-state index is -1.33. The number of hydrogen-bond donors (Lipinski definition) is 0. The van der Waals surface area contributed by atoms with Crippen molar-refractivity contribution in [1.82, 2.24) is 0 Å². The molecule has 0 amide bonds. The molecule has 0 fully saturated rings. The van der Waals surface area contributed by atoms with Gasteiger partial charge in [-0.3, -0.25) is 4.79 Å². The second kappa shape index (κ2) is 11.4. The molecule has 52 valence electrons. The minimum absolute atomic E-state index is 0. The molecule has 0 heterocycles. The van der Waals surface area contributed by atoms with E-state index in [1.54, 1.807) is 0 Å². The standard InChI is InChI=1S/C3H6O.C2H3FO.Nd/c1-3(2)4;1-2(3)4;/h1-2H3;1H3;. The van der Waals surface area contributed by atoms with Crippen LogP contribution in [-0.2, 0) is 9.59 Å². The van der Waals surface area contributed by atoms with Crippen LogP contribution in [0, 0.1) is 40.8 Å². The Morgan fingerprint density at radius 3 is 1.11 bits per heavy atom. The van der Waals surface area contributed by atoms with Gasteiger partial charge in [0.25, 0.3) is 6.04 Å². The predicted molar refractivity (Wildman–Crippen MR) is 28.1 cm³/mol. The van der Waals surface area contributed by atoms with Crippen LogP contribution in [0.4, 0.5) is 4.39 Å². The van der Waals surface area contributed by atoms with E-state index in [4.69, 9.17) is 4.79 Å². The van der Waals surface area contributed by atoms with Gasteiger partial charge in [0.2, 0.25) is 0 Å². The van der Waals surface area contributed by atoms with Gasteiger partial charge in [-0.05, 0) is 13.8 Å². The van der Waals surface area contributed by atoms with Crippen molar-refractivity contribution in [1.29, 1.82) is 0 Å². The Labute approximate surface area is 86.7 Å². The van der Waals surface area contributed by atoms with Crippen LogP contribution in [0.15, 0.2) is 0 Å². The molecule has 0 unspecified atom stereocenters. The summed E-state index contributed by atoms with van der Waals surface area (Å²) in [6.07, 6.45) is 0. The number of ketones is 1. The van der Waals surface area contributed by atoms with Gasteiger partial charge in [0.15, 0.2) is 0 Å². The van der Waals surface area contributed by atoms with E-state index in [2.05, 4.69) is 0 Å². The fourth-order valence-corrected chi connectivity index (χ4v) is 0. The summed E-state index contributed by atoms with van der Waals surface area (Å²) in [6, 6.07) is -1.33. The average Bonchev–Trinajstić information content (AvgIpc) is 1.25. The van der Waals surface area contributed by atoms with E-state index in [1.165, 1.54) is 13.8 Å². The normalized spacial score (nSPS) is 5.78. The number of Topliss-reactive ketones (excluding diaryl/α,β-unsaturated/α-hetero) is 1. The van der Waals surface area contributed by atoms with E-state index in [0.29, 0.717) is 0 Å². The van der Waals surface area contributed by atoms with Gasteiger partial charge < -0.3 is 4.79 Å². The van der Waals surface area contributed by atoms with Gasteiger partial charge >= 0.3 is 0 Å². The van der Waals surface area contributed by atoms with Crippen LogP contribution in [0.5, 0.6) is 0 Å². The predicted octanol–water partition coefficient (Wildman–Crippen LogP) is 1.10. The van der Waals surface area contributed by atoms with Crippen molar-refractivity contribution in [3.05, 3.63) is 0 Å². The van der Waals surface area contributed by atoms with Crippen LogP contribution < -0.4 is 0 Å². The summed E-state index contributed by atoms with van der Waals surface area (Å²) in [5.74, 6) is 0.167. The van der Waals surface area contributed by atoms with Crippen molar-refractivity contribution < 1.29 is 54.8 Å². The van der Waals surface area contributed by atoms with Gasteiger partial charge in [0.05, 0.1) is 0 Å². The Balaban J connectivity index is -0.0000000720. The van der Waals surface area contributed by atoms with E-state index in [9.17, 15) is 9.18 Å². The van der Waals surface area contributed by atoms with Gasteiger partial charge in [-0.25, -0.2) is 0 Å². The quantitative estimate of drug-likeness (QED) is 0.614. The van der Waals surface area contributed by atoms with Gasteiger partial charge in [0.1, 0.15) is 5.78 Å². The molecule has 0 aliphatic carbocycles. The zero-order valence-electron chi connectivity index (χ0n) is 5.69. The first kappa shape index (κ1) is 16.3. The van der Waals surface area contributed by atoms with Gasteiger partial charge in [-0.1, -0.05) is 0 Å². The monoisotopic (exact) mass is 262 g/mol. The molecule has 9 heavy (non-hydrogen) atoms. The summed E-state index contributed by atoms with van der Waals surface area (Å²) in [7, 11) is 0. The Hall–Kier alpha value is 0.621. The van der Waals surface area contributed by atoms with Crippen LogP contribution in [0.3, 0.4) is 0 Å². The van der Waals surface area contributed by atoms with Gasteiger partial charge in [-0.2, -0.15) is 4.39 Å². The molecule has 0 radical (unpaired) electrons. The van der Waals surface area contributed by atoms with Crippen LogP contribution >= 0.6 is 0 Å². The molecule has 0 saturated carbocycles. The van der Waals surface area contributed by atoms with Crippen molar-refractivity contribution in [3.63, 3.8) is 0 Å². The van der Waals surface area contributed by atoms with Crippen molar-refractivity contribution in [2.75, 3.05) is 0 Å². The first-order valence-electron chi connectivity index (χ1n) is 2.10.